The summed E-state index contributed by atoms with van der Waals surface area (Å²) in [5.74, 6) is 0.417. The Balaban J connectivity index is 1.87. The van der Waals surface area contributed by atoms with Gasteiger partial charge in [0.1, 0.15) is 11.5 Å². The SMILES string of the molecule is CC(C)c1ccc(OC(=O)/C=C/C(=O)Oc2ccc(C(C)C)cc2)cc1. The fourth-order valence-electron chi connectivity index (χ4n) is 2.28. The lowest BCUT2D eigenvalue weighted by Crippen LogP contribution is -2.08. The predicted octanol–water partition coefficient (Wildman–Crippen LogP) is 5.00. The lowest BCUT2D eigenvalue weighted by atomic mass is 10.0. The highest BCUT2D eigenvalue weighted by molar-refractivity contribution is 5.93. The fourth-order valence-corrected chi connectivity index (χ4v) is 2.28. The molecule has 0 radical (unpaired) electrons. The molecule has 4 nitrogen and oxygen atoms in total. The van der Waals surface area contributed by atoms with Crippen molar-refractivity contribution in [2.24, 2.45) is 0 Å². The van der Waals surface area contributed by atoms with Crippen molar-refractivity contribution >= 4 is 11.9 Å². The molecule has 0 aromatic heterocycles. The summed E-state index contributed by atoms with van der Waals surface area (Å²) in [7, 11) is 0. The molecule has 4 heteroatoms. The zero-order valence-electron chi connectivity index (χ0n) is 15.6. The average Bonchev–Trinajstić information content (AvgIpc) is 2.61. The Morgan fingerprint density at radius 2 is 0.962 bits per heavy atom. The van der Waals surface area contributed by atoms with Crippen molar-refractivity contribution in [3.05, 3.63) is 71.8 Å². The normalized spacial score (nSPS) is 11.2. The highest BCUT2D eigenvalue weighted by Gasteiger charge is 2.06. The Labute approximate surface area is 154 Å². The molecule has 0 aliphatic rings. The van der Waals surface area contributed by atoms with Gasteiger partial charge in [-0.15, -0.1) is 0 Å². The molecule has 0 saturated carbocycles. The second kappa shape index (κ2) is 8.99. The van der Waals surface area contributed by atoms with Crippen LogP contribution in [0.1, 0.15) is 50.7 Å². The van der Waals surface area contributed by atoms with Crippen LogP contribution in [0.15, 0.2) is 60.7 Å². The van der Waals surface area contributed by atoms with E-state index in [9.17, 15) is 9.59 Å². The summed E-state index contributed by atoms with van der Waals surface area (Å²) in [4.78, 5) is 23.6. The maximum Gasteiger partial charge on any atom is 0.336 e. The summed E-state index contributed by atoms with van der Waals surface area (Å²) in [5.41, 5.74) is 2.32. The van der Waals surface area contributed by atoms with Crippen LogP contribution in [0, 0.1) is 0 Å². The molecule has 0 saturated heterocycles. The molecule has 0 atom stereocenters. The second-order valence-corrected chi connectivity index (χ2v) is 6.62. The summed E-state index contributed by atoms with van der Waals surface area (Å²) in [6.45, 7) is 8.36. The molecule has 2 aromatic carbocycles. The van der Waals surface area contributed by atoms with Gasteiger partial charge in [0.05, 0.1) is 0 Å². The zero-order chi connectivity index (χ0) is 19.1. The van der Waals surface area contributed by atoms with Crippen molar-refractivity contribution in [2.75, 3.05) is 0 Å². The van der Waals surface area contributed by atoms with Crippen molar-refractivity contribution in [3.63, 3.8) is 0 Å². The molecule has 26 heavy (non-hydrogen) atoms. The number of rotatable bonds is 6. The van der Waals surface area contributed by atoms with Gasteiger partial charge in [0.2, 0.25) is 0 Å². The molecule has 0 heterocycles. The molecule has 0 spiro atoms. The van der Waals surface area contributed by atoms with Crippen LogP contribution in [0.2, 0.25) is 0 Å². The molecule has 0 unspecified atom stereocenters. The number of carbonyl (C=O) groups excluding carboxylic acids is 2. The van der Waals surface area contributed by atoms with E-state index in [0.29, 0.717) is 23.3 Å². The molecular formula is C22H24O4. The Hall–Kier alpha value is -2.88. The van der Waals surface area contributed by atoms with Gasteiger partial charge in [0, 0.05) is 12.2 Å². The maximum atomic E-state index is 11.8. The largest absolute Gasteiger partial charge is 0.423 e. The molecule has 2 rings (SSSR count). The maximum absolute atomic E-state index is 11.8. The Kier molecular flexibility index (Phi) is 6.73. The Morgan fingerprint density at radius 1 is 0.654 bits per heavy atom. The second-order valence-electron chi connectivity index (χ2n) is 6.62. The van der Waals surface area contributed by atoms with Gasteiger partial charge in [0.25, 0.3) is 0 Å². The van der Waals surface area contributed by atoms with E-state index in [-0.39, 0.29) is 0 Å². The van der Waals surface area contributed by atoms with Gasteiger partial charge in [-0.05, 0) is 47.2 Å². The number of hydrogen-bond acceptors (Lipinski definition) is 4. The van der Waals surface area contributed by atoms with Crippen LogP contribution in [-0.2, 0) is 9.59 Å². The van der Waals surface area contributed by atoms with Crippen LogP contribution in [0.3, 0.4) is 0 Å². The first-order valence-electron chi connectivity index (χ1n) is 8.66. The van der Waals surface area contributed by atoms with Gasteiger partial charge in [-0.2, -0.15) is 0 Å². The van der Waals surface area contributed by atoms with Gasteiger partial charge in [0.15, 0.2) is 0 Å². The molecular weight excluding hydrogens is 328 g/mol. The van der Waals surface area contributed by atoms with E-state index in [1.165, 1.54) is 0 Å². The first-order chi connectivity index (χ1) is 12.3. The Bertz CT molecular complexity index is 701. The summed E-state index contributed by atoms with van der Waals surface area (Å²) in [6.07, 6.45) is 2.11. The van der Waals surface area contributed by atoms with E-state index in [0.717, 1.165) is 23.3 Å². The van der Waals surface area contributed by atoms with Crippen LogP contribution in [-0.4, -0.2) is 11.9 Å². The molecule has 0 fully saturated rings. The topological polar surface area (TPSA) is 52.6 Å². The van der Waals surface area contributed by atoms with E-state index < -0.39 is 11.9 Å². The fraction of sp³-hybridized carbons (Fsp3) is 0.273. The third-order valence-electron chi connectivity index (χ3n) is 3.89. The van der Waals surface area contributed by atoms with Gasteiger partial charge in [-0.25, -0.2) is 9.59 Å². The monoisotopic (exact) mass is 352 g/mol. The summed E-state index contributed by atoms with van der Waals surface area (Å²) >= 11 is 0. The number of benzene rings is 2. The lowest BCUT2D eigenvalue weighted by molar-refractivity contribution is -0.131. The number of hydrogen-bond donors (Lipinski definition) is 0. The van der Waals surface area contributed by atoms with Crippen LogP contribution in [0.5, 0.6) is 11.5 Å². The standard InChI is InChI=1S/C22H24O4/c1-15(2)17-5-9-19(10-6-17)25-21(23)13-14-22(24)26-20-11-7-18(8-12-20)16(3)4/h5-16H,1-4H3/b14-13+. The Morgan fingerprint density at radius 3 is 1.23 bits per heavy atom. The molecule has 0 N–H and O–H groups in total. The van der Waals surface area contributed by atoms with Crippen LogP contribution < -0.4 is 9.47 Å². The van der Waals surface area contributed by atoms with Crippen LogP contribution >= 0.6 is 0 Å². The quantitative estimate of drug-likeness (QED) is 0.417. The lowest BCUT2D eigenvalue weighted by Gasteiger charge is -2.07. The first kappa shape index (κ1) is 19.4. The molecule has 0 bridgehead atoms. The minimum absolute atomic E-state index is 0.407. The van der Waals surface area contributed by atoms with E-state index in [2.05, 4.69) is 27.7 Å². The summed E-state index contributed by atoms with van der Waals surface area (Å²) in [6, 6.07) is 14.6. The van der Waals surface area contributed by atoms with Crippen molar-refractivity contribution in [1.82, 2.24) is 0 Å². The summed E-state index contributed by atoms with van der Waals surface area (Å²) < 4.78 is 10.3. The number of ether oxygens (including phenoxy) is 2. The third kappa shape index (κ3) is 5.88. The molecule has 2 aromatic rings. The van der Waals surface area contributed by atoms with Crippen molar-refractivity contribution in [3.8, 4) is 11.5 Å². The smallest absolute Gasteiger partial charge is 0.336 e. The molecule has 0 amide bonds. The van der Waals surface area contributed by atoms with Crippen LogP contribution in [0.4, 0.5) is 0 Å². The number of esters is 2. The van der Waals surface area contributed by atoms with Gasteiger partial charge in [-0.3, -0.25) is 0 Å². The van der Waals surface area contributed by atoms with Gasteiger partial charge >= 0.3 is 11.9 Å². The highest BCUT2D eigenvalue weighted by atomic mass is 16.5. The summed E-state index contributed by atoms with van der Waals surface area (Å²) in [5, 5.41) is 0. The molecule has 136 valence electrons. The van der Waals surface area contributed by atoms with Crippen molar-refractivity contribution < 1.29 is 19.1 Å². The first-order valence-corrected chi connectivity index (χ1v) is 8.66. The van der Waals surface area contributed by atoms with Crippen molar-refractivity contribution in [2.45, 2.75) is 39.5 Å². The van der Waals surface area contributed by atoms with Crippen molar-refractivity contribution in [1.29, 1.82) is 0 Å². The van der Waals surface area contributed by atoms with Gasteiger partial charge in [-0.1, -0.05) is 52.0 Å². The zero-order valence-corrected chi connectivity index (χ0v) is 15.6. The third-order valence-corrected chi connectivity index (χ3v) is 3.89. The van der Waals surface area contributed by atoms with E-state index in [4.69, 9.17) is 9.47 Å². The van der Waals surface area contributed by atoms with E-state index in [1.54, 1.807) is 24.3 Å². The predicted molar refractivity (Wildman–Crippen MR) is 101 cm³/mol. The molecule has 0 aliphatic carbocycles. The number of carbonyl (C=O) groups is 2. The van der Waals surface area contributed by atoms with E-state index in [1.807, 2.05) is 24.3 Å². The highest BCUT2D eigenvalue weighted by Crippen LogP contribution is 2.19. The van der Waals surface area contributed by atoms with E-state index >= 15 is 0 Å². The average molecular weight is 352 g/mol. The molecule has 0 aliphatic heterocycles. The minimum atomic E-state index is -0.630. The van der Waals surface area contributed by atoms with Crippen LogP contribution in [0.25, 0.3) is 0 Å². The minimum Gasteiger partial charge on any atom is -0.423 e. The van der Waals surface area contributed by atoms with Gasteiger partial charge < -0.3 is 9.47 Å².